The highest BCUT2D eigenvalue weighted by molar-refractivity contribution is 7.85. The molecule has 4 atom stereocenters. The molecule has 0 radical (unpaired) electrons. The number of anilines is 1. The van der Waals surface area contributed by atoms with Crippen LogP contribution in [0.2, 0.25) is 5.15 Å². The first-order chi connectivity index (χ1) is 15.3. The molecule has 32 heavy (non-hydrogen) atoms. The molecule has 0 spiro atoms. The Bertz CT molecular complexity index is 1260. The molecule has 2 aliphatic rings. The lowest BCUT2D eigenvalue weighted by Gasteiger charge is -2.31. The van der Waals surface area contributed by atoms with Crippen molar-refractivity contribution in [3.8, 4) is 0 Å². The molecular weight excluding hydrogens is 462 g/mol. The van der Waals surface area contributed by atoms with Gasteiger partial charge in [-0.3, -0.25) is 8.75 Å². The Morgan fingerprint density at radius 2 is 2.09 bits per heavy atom. The zero-order valence-electron chi connectivity index (χ0n) is 16.9. The number of nitrogens with zero attached hydrogens (tertiary/aromatic N) is 4. The quantitative estimate of drug-likeness (QED) is 0.387. The molecule has 1 aromatic carbocycles. The minimum Gasteiger partial charge on any atom is -0.368 e. The smallest absolute Gasteiger partial charge is 0.264 e. The van der Waals surface area contributed by atoms with E-state index in [9.17, 15) is 8.42 Å². The largest absolute Gasteiger partial charge is 0.368 e. The summed E-state index contributed by atoms with van der Waals surface area (Å²) in [7, 11) is -3.71. The highest BCUT2D eigenvalue weighted by Crippen LogP contribution is 2.48. The van der Waals surface area contributed by atoms with Gasteiger partial charge in [0.15, 0.2) is 17.0 Å². The Morgan fingerprint density at radius 1 is 1.31 bits per heavy atom. The number of hydrogen-bond donors (Lipinski definition) is 1. The van der Waals surface area contributed by atoms with Gasteiger partial charge in [-0.1, -0.05) is 41.9 Å². The van der Waals surface area contributed by atoms with Gasteiger partial charge in [0.2, 0.25) is 5.95 Å². The van der Waals surface area contributed by atoms with Crippen molar-refractivity contribution < 1.29 is 26.8 Å². The lowest BCUT2D eigenvalue weighted by molar-refractivity contribution is -0.183. The monoisotopic (exact) mass is 481 g/mol. The molecule has 2 saturated heterocycles. The number of halogens is 1. The lowest BCUT2D eigenvalue weighted by Crippen LogP contribution is -2.46. The molecule has 0 saturated carbocycles. The van der Waals surface area contributed by atoms with Crippen LogP contribution in [-0.2, 0) is 35.1 Å². The van der Waals surface area contributed by atoms with Crippen molar-refractivity contribution >= 4 is 38.8 Å². The third-order valence-corrected chi connectivity index (χ3v) is 6.24. The van der Waals surface area contributed by atoms with E-state index in [0.29, 0.717) is 11.2 Å². The Hall–Kier alpha value is -2.35. The number of fused-ring (bicyclic) bond motifs is 3. The SMILES string of the molecule is CS(=O)(=O)OC[C@]12CO[C@@H]([C@H](n3cnc4c(Cl)nc(N)nc43)O1)[C@@H]2OCc1ccccc1. The lowest BCUT2D eigenvalue weighted by atomic mass is 10.00. The zero-order valence-corrected chi connectivity index (χ0v) is 18.5. The third-order valence-electron chi connectivity index (χ3n) is 5.43. The van der Waals surface area contributed by atoms with Gasteiger partial charge in [0.25, 0.3) is 10.1 Å². The van der Waals surface area contributed by atoms with Gasteiger partial charge in [-0.25, -0.2) is 4.98 Å². The van der Waals surface area contributed by atoms with Crippen LogP contribution in [0.25, 0.3) is 11.2 Å². The Kier molecular flexibility index (Phi) is 5.31. The van der Waals surface area contributed by atoms with E-state index in [4.69, 9.17) is 35.7 Å². The highest BCUT2D eigenvalue weighted by Gasteiger charge is 2.63. The molecule has 11 nitrogen and oxygen atoms in total. The molecular formula is C19H20ClN5O6S. The zero-order chi connectivity index (χ0) is 22.5. The Balaban J connectivity index is 1.48. The van der Waals surface area contributed by atoms with Crippen molar-refractivity contribution in [2.45, 2.75) is 30.6 Å². The summed E-state index contributed by atoms with van der Waals surface area (Å²) in [6, 6.07) is 9.59. The number of imidazole rings is 1. The number of nitrogens with two attached hydrogens (primary N) is 1. The van der Waals surface area contributed by atoms with Crippen LogP contribution in [0.3, 0.4) is 0 Å². The molecule has 170 valence electrons. The summed E-state index contributed by atoms with van der Waals surface area (Å²) in [5.41, 5.74) is 6.29. The minimum atomic E-state index is -3.71. The minimum absolute atomic E-state index is 0.0136. The van der Waals surface area contributed by atoms with Crippen molar-refractivity contribution in [2.75, 3.05) is 25.2 Å². The van der Waals surface area contributed by atoms with Crippen molar-refractivity contribution in [1.82, 2.24) is 19.5 Å². The van der Waals surface area contributed by atoms with Gasteiger partial charge in [0.05, 0.1) is 25.8 Å². The van der Waals surface area contributed by atoms with E-state index in [2.05, 4.69) is 15.0 Å². The molecule has 5 rings (SSSR count). The number of hydrogen-bond acceptors (Lipinski definition) is 10. The standard InChI is InChI=1S/C19H20ClN5O6S/c1-32(26,27)30-9-19-8-29-13(14(19)28-7-11-5-3-2-4-6-11)17(31-19)25-10-22-12-15(20)23-18(21)24-16(12)25/h2-6,10,13-14,17H,7-9H2,1H3,(H2,21,23,24)/t13-,14+,17-,19+/m1/s1. The molecule has 2 aliphatic heterocycles. The van der Waals surface area contributed by atoms with E-state index in [1.807, 2.05) is 30.3 Å². The number of benzene rings is 1. The predicted octanol–water partition coefficient (Wildman–Crippen LogP) is 1.29. The average molecular weight is 482 g/mol. The Morgan fingerprint density at radius 3 is 2.84 bits per heavy atom. The van der Waals surface area contributed by atoms with Crippen molar-refractivity contribution in [2.24, 2.45) is 0 Å². The molecule has 2 aromatic heterocycles. The third kappa shape index (κ3) is 3.83. The van der Waals surface area contributed by atoms with Crippen LogP contribution in [0.4, 0.5) is 5.95 Å². The van der Waals surface area contributed by atoms with Gasteiger partial charge in [-0.15, -0.1) is 0 Å². The second-order valence-electron chi connectivity index (χ2n) is 7.73. The number of nitrogen functional groups attached to an aromatic ring is 1. The summed E-state index contributed by atoms with van der Waals surface area (Å²) in [4.78, 5) is 12.4. The van der Waals surface area contributed by atoms with Crippen molar-refractivity contribution in [3.05, 3.63) is 47.4 Å². The fourth-order valence-corrected chi connectivity index (χ4v) is 4.65. The van der Waals surface area contributed by atoms with Gasteiger partial charge in [0, 0.05) is 0 Å². The Labute approximate surface area is 188 Å². The number of ether oxygens (including phenoxy) is 3. The summed E-state index contributed by atoms with van der Waals surface area (Å²) in [6.45, 7) is 0.129. The first kappa shape index (κ1) is 21.5. The van der Waals surface area contributed by atoms with E-state index in [-0.39, 0.29) is 30.9 Å². The second-order valence-corrected chi connectivity index (χ2v) is 9.73. The maximum atomic E-state index is 11.7. The molecule has 4 heterocycles. The van der Waals surface area contributed by atoms with Gasteiger partial charge in [-0.05, 0) is 5.56 Å². The number of rotatable bonds is 7. The second kappa shape index (κ2) is 7.90. The molecule has 0 aliphatic carbocycles. The highest BCUT2D eigenvalue weighted by atomic mass is 35.5. The van der Waals surface area contributed by atoms with E-state index < -0.39 is 34.2 Å². The van der Waals surface area contributed by atoms with Crippen LogP contribution in [0.15, 0.2) is 36.7 Å². The average Bonchev–Trinajstić information content (AvgIpc) is 3.41. The molecule has 13 heteroatoms. The van der Waals surface area contributed by atoms with Gasteiger partial charge < -0.3 is 19.9 Å². The molecule has 2 N–H and O–H groups in total. The first-order valence-electron chi connectivity index (χ1n) is 9.71. The predicted molar refractivity (Wildman–Crippen MR) is 113 cm³/mol. The summed E-state index contributed by atoms with van der Waals surface area (Å²) in [6.07, 6.45) is 0.575. The van der Waals surface area contributed by atoms with Crippen LogP contribution in [-0.4, -0.2) is 65.2 Å². The maximum absolute atomic E-state index is 11.7. The topological polar surface area (TPSA) is 141 Å². The molecule has 0 unspecified atom stereocenters. The van der Waals surface area contributed by atoms with E-state index in [1.54, 1.807) is 4.57 Å². The summed E-state index contributed by atoms with van der Waals surface area (Å²) >= 11 is 6.14. The van der Waals surface area contributed by atoms with Gasteiger partial charge in [-0.2, -0.15) is 18.4 Å². The van der Waals surface area contributed by atoms with Crippen molar-refractivity contribution in [1.29, 1.82) is 0 Å². The summed E-state index contributed by atoms with van der Waals surface area (Å²) in [5.74, 6) is -0.0136. The van der Waals surface area contributed by atoms with Crippen LogP contribution in [0, 0.1) is 0 Å². The van der Waals surface area contributed by atoms with Crippen LogP contribution in [0.5, 0.6) is 0 Å². The first-order valence-corrected chi connectivity index (χ1v) is 11.9. The van der Waals surface area contributed by atoms with E-state index in [1.165, 1.54) is 6.33 Å². The van der Waals surface area contributed by atoms with Gasteiger partial charge >= 0.3 is 0 Å². The van der Waals surface area contributed by atoms with Crippen LogP contribution in [0.1, 0.15) is 11.8 Å². The van der Waals surface area contributed by atoms with Crippen molar-refractivity contribution in [3.63, 3.8) is 0 Å². The van der Waals surface area contributed by atoms with Crippen LogP contribution < -0.4 is 5.73 Å². The number of aromatic nitrogens is 4. The van der Waals surface area contributed by atoms with Crippen LogP contribution >= 0.6 is 11.6 Å². The molecule has 3 aromatic rings. The molecule has 0 amide bonds. The fraction of sp³-hybridized carbons (Fsp3) is 0.421. The van der Waals surface area contributed by atoms with E-state index >= 15 is 0 Å². The van der Waals surface area contributed by atoms with E-state index in [0.717, 1.165) is 11.8 Å². The van der Waals surface area contributed by atoms with Gasteiger partial charge in [0.1, 0.15) is 29.9 Å². The maximum Gasteiger partial charge on any atom is 0.264 e. The molecule has 2 fully saturated rings. The normalized spacial score (nSPS) is 27.4. The summed E-state index contributed by atoms with van der Waals surface area (Å²) < 4.78 is 48.6. The summed E-state index contributed by atoms with van der Waals surface area (Å²) in [5, 5.41) is 0.113. The fourth-order valence-electron chi connectivity index (χ4n) is 4.02. The molecule has 2 bridgehead atoms.